The number of ether oxygens (including phenoxy) is 2. The Morgan fingerprint density at radius 3 is 2.28 bits per heavy atom. The predicted octanol–water partition coefficient (Wildman–Crippen LogP) is 3.09. The number of para-hydroxylation sites is 2. The summed E-state index contributed by atoms with van der Waals surface area (Å²) >= 11 is 0. The molecular weight excluding hydrogens is 412 g/mol. The van der Waals surface area contributed by atoms with Crippen LogP contribution < -0.4 is 20.3 Å². The number of carbonyl (C=O) groups is 3. The van der Waals surface area contributed by atoms with Crippen molar-refractivity contribution in [3.63, 3.8) is 0 Å². The molecule has 2 amide bonds. The lowest BCUT2D eigenvalue weighted by atomic mass is 10.1. The van der Waals surface area contributed by atoms with Crippen molar-refractivity contribution >= 4 is 23.9 Å². The highest BCUT2D eigenvalue weighted by Crippen LogP contribution is 2.21. The first-order valence-electron chi connectivity index (χ1n) is 9.49. The van der Waals surface area contributed by atoms with Crippen molar-refractivity contribution in [1.82, 2.24) is 10.9 Å². The predicted molar refractivity (Wildman–Crippen MR) is 117 cm³/mol. The van der Waals surface area contributed by atoms with Crippen molar-refractivity contribution in [2.45, 2.75) is 0 Å². The molecule has 0 saturated carbocycles. The summed E-state index contributed by atoms with van der Waals surface area (Å²) in [6.07, 6.45) is 2.61. The van der Waals surface area contributed by atoms with Crippen LogP contribution in [0.3, 0.4) is 0 Å². The molecule has 0 aromatic heterocycles. The highest BCUT2D eigenvalue weighted by atomic mass is 16.5. The van der Waals surface area contributed by atoms with Gasteiger partial charge in [-0.15, -0.1) is 0 Å². The number of hydrazine groups is 1. The van der Waals surface area contributed by atoms with E-state index < -0.39 is 17.8 Å². The maximum absolute atomic E-state index is 12.4. The van der Waals surface area contributed by atoms with Gasteiger partial charge in [0.25, 0.3) is 11.8 Å². The van der Waals surface area contributed by atoms with Crippen molar-refractivity contribution < 1.29 is 29.0 Å². The number of benzene rings is 3. The maximum atomic E-state index is 12.4. The molecule has 162 valence electrons. The molecule has 32 heavy (non-hydrogen) atoms. The van der Waals surface area contributed by atoms with E-state index in [1.165, 1.54) is 31.4 Å². The van der Waals surface area contributed by atoms with E-state index in [1.807, 2.05) is 0 Å². The molecule has 0 heterocycles. The van der Waals surface area contributed by atoms with Gasteiger partial charge in [-0.25, -0.2) is 4.79 Å². The molecule has 3 aromatic rings. The first kappa shape index (κ1) is 22.1. The fourth-order valence-electron chi connectivity index (χ4n) is 2.66. The molecule has 0 saturated heterocycles. The van der Waals surface area contributed by atoms with Gasteiger partial charge in [0.2, 0.25) is 0 Å². The number of rotatable bonds is 6. The van der Waals surface area contributed by atoms with E-state index in [4.69, 9.17) is 9.47 Å². The zero-order chi connectivity index (χ0) is 22.9. The van der Waals surface area contributed by atoms with Crippen LogP contribution in [0, 0.1) is 0 Å². The number of carbonyl (C=O) groups excluding carboxylic acids is 3. The Morgan fingerprint density at radius 2 is 1.56 bits per heavy atom. The number of methoxy groups -OCH3 is 1. The van der Waals surface area contributed by atoms with Crippen LogP contribution in [0.25, 0.3) is 6.08 Å². The molecule has 3 rings (SSSR count). The van der Waals surface area contributed by atoms with E-state index >= 15 is 0 Å². The number of amides is 2. The van der Waals surface area contributed by atoms with Crippen molar-refractivity contribution in [3.05, 3.63) is 95.6 Å². The standard InChI is InChI=1S/C24H20N2O6/c1-31-18-13-10-17(11-14-18)24(30)32-21-9-5-2-6-16(21)12-15-22(28)25-26-23(29)19-7-3-4-8-20(19)27/h2-15,27H,1H3,(H,25,28)(H,26,29)/b15-12+. The van der Waals surface area contributed by atoms with E-state index in [-0.39, 0.29) is 17.1 Å². The summed E-state index contributed by atoms with van der Waals surface area (Å²) in [6, 6.07) is 19.1. The molecule has 0 bridgehead atoms. The number of phenols is 1. The quantitative estimate of drug-likeness (QED) is 0.239. The Hall–Kier alpha value is -4.59. The largest absolute Gasteiger partial charge is 0.507 e. The van der Waals surface area contributed by atoms with Crippen LogP contribution in [0.4, 0.5) is 0 Å². The Bertz CT molecular complexity index is 1160. The van der Waals surface area contributed by atoms with Gasteiger partial charge >= 0.3 is 5.97 Å². The first-order valence-corrected chi connectivity index (χ1v) is 9.49. The smallest absolute Gasteiger partial charge is 0.343 e. The Morgan fingerprint density at radius 1 is 0.875 bits per heavy atom. The van der Waals surface area contributed by atoms with E-state index in [9.17, 15) is 19.5 Å². The summed E-state index contributed by atoms with van der Waals surface area (Å²) in [7, 11) is 1.53. The zero-order valence-corrected chi connectivity index (χ0v) is 17.1. The summed E-state index contributed by atoms with van der Waals surface area (Å²) in [6.45, 7) is 0. The Kier molecular flexibility index (Phi) is 7.21. The zero-order valence-electron chi connectivity index (χ0n) is 17.1. The van der Waals surface area contributed by atoms with Crippen LogP contribution in [-0.2, 0) is 4.79 Å². The second-order valence-electron chi connectivity index (χ2n) is 6.45. The average molecular weight is 432 g/mol. The summed E-state index contributed by atoms with van der Waals surface area (Å²) in [5.74, 6) is -1.18. The Balaban J connectivity index is 1.62. The molecule has 0 radical (unpaired) electrons. The Labute approximate surface area is 184 Å². The van der Waals surface area contributed by atoms with Gasteiger partial charge in [0.1, 0.15) is 17.2 Å². The van der Waals surface area contributed by atoms with Crippen LogP contribution in [-0.4, -0.2) is 30.0 Å². The van der Waals surface area contributed by atoms with Crippen molar-refractivity contribution in [2.75, 3.05) is 7.11 Å². The molecular formula is C24H20N2O6. The lowest BCUT2D eigenvalue weighted by Gasteiger charge is -2.08. The maximum Gasteiger partial charge on any atom is 0.343 e. The molecule has 0 fully saturated rings. The SMILES string of the molecule is COc1ccc(C(=O)Oc2ccccc2/C=C/C(=O)NNC(=O)c2ccccc2O)cc1. The number of hydrogen-bond donors (Lipinski definition) is 3. The minimum atomic E-state index is -0.668. The van der Waals surface area contributed by atoms with Gasteiger partial charge < -0.3 is 14.6 Å². The lowest BCUT2D eigenvalue weighted by molar-refractivity contribution is -0.117. The van der Waals surface area contributed by atoms with Crippen LogP contribution in [0.1, 0.15) is 26.3 Å². The molecule has 8 heteroatoms. The second-order valence-corrected chi connectivity index (χ2v) is 6.45. The summed E-state index contributed by atoms with van der Waals surface area (Å²) in [4.78, 5) is 36.5. The van der Waals surface area contributed by atoms with Crippen LogP contribution in [0.2, 0.25) is 0 Å². The minimum Gasteiger partial charge on any atom is -0.507 e. The molecule has 3 N–H and O–H groups in total. The molecule has 0 atom stereocenters. The third-order valence-electron chi connectivity index (χ3n) is 4.31. The molecule has 0 unspecified atom stereocenters. The van der Waals surface area contributed by atoms with Gasteiger partial charge in [0.15, 0.2) is 0 Å². The lowest BCUT2D eigenvalue weighted by Crippen LogP contribution is -2.40. The van der Waals surface area contributed by atoms with Crippen LogP contribution >= 0.6 is 0 Å². The first-order chi connectivity index (χ1) is 15.5. The van der Waals surface area contributed by atoms with E-state index in [1.54, 1.807) is 60.7 Å². The third kappa shape index (κ3) is 5.73. The fraction of sp³-hybridized carbons (Fsp3) is 0.0417. The monoisotopic (exact) mass is 432 g/mol. The molecule has 3 aromatic carbocycles. The van der Waals surface area contributed by atoms with Gasteiger partial charge in [-0.05, 0) is 48.5 Å². The molecule has 8 nitrogen and oxygen atoms in total. The second kappa shape index (κ2) is 10.4. The molecule has 0 aliphatic rings. The number of phenolic OH excluding ortho intramolecular Hbond substituents is 1. The van der Waals surface area contributed by atoms with Crippen molar-refractivity contribution in [3.8, 4) is 17.2 Å². The number of nitrogens with one attached hydrogen (secondary N) is 2. The van der Waals surface area contributed by atoms with Crippen molar-refractivity contribution in [1.29, 1.82) is 0 Å². The normalized spacial score (nSPS) is 10.4. The number of aromatic hydroxyl groups is 1. The average Bonchev–Trinajstić information content (AvgIpc) is 2.82. The van der Waals surface area contributed by atoms with Gasteiger partial charge in [-0.2, -0.15) is 0 Å². The summed E-state index contributed by atoms with van der Waals surface area (Å²) < 4.78 is 10.5. The van der Waals surface area contributed by atoms with E-state index in [2.05, 4.69) is 10.9 Å². The number of hydrogen-bond acceptors (Lipinski definition) is 6. The third-order valence-corrected chi connectivity index (χ3v) is 4.31. The molecule has 0 aliphatic carbocycles. The van der Waals surface area contributed by atoms with Gasteiger partial charge in [0.05, 0.1) is 18.2 Å². The highest BCUT2D eigenvalue weighted by Gasteiger charge is 2.12. The molecule has 0 spiro atoms. The van der Waals surface area contributed by atoms with Gasteiger partial charge in [0, 0.05) is 11.6 Å². The highest BCUT2D eigenvalue weighted by molar-refractivity contribution is 5.99. The summed E-state index contributed by atoms with van der Waals surface area (Å²) in [5, 5.41) is 9.67. The summed E-state index contributed by atoms with van der Waals surface area (Å²) in [5.41, 5.74) is 5.27. The van der Waals surface area contributed by atoms with Crippen LogP contribution in [0.5, 0.6) is 17.2 Å². The topological polar surface area (TPSA) is 114 Å². The molecule has 0 aliphatic heterocycles. The fourth-order valence-corrected chi connectivity index (χ4v) is 2.66. The van der Waals surface area contributed by atoms with Gasteiger partial charge in [-0.1, -0.05) is 30.3 Å². The van der Waals surface area contributed by atoms with Crippen molar-refractivity contribution in [2.24, 2.45) is 0 Å². The van der Waals surface area contributed by atoms with Gasteiger partial charge in [-0.3, -0.25) is 20.4 Å². The van der Waals surface area contributed by atoms with E-state index in [0.717, 1.165) is 0 Å². The van der Waals surface area contributed by atoms with E-state index in [0.29, 0.717) is 16.9 Å². The number of esters is 1. The minimum absolute atomic E-state index is 0.0209. The van der Waals surface area contributed by atoms with Crippen LogP contribution in [0.15, 0.2) is 78.9 Å².